The predicted octanol–water partition coefficient (Wildman–Crippen LogP) is 7.82. The van der Waals surface area contributed by atoms with Gasteiger partial charge in [-0.05, 0) is 167 Å². The van der Waals surface area contributed by atoms with Crippen LogP contribution in [0, 0.1) is 29.6 Å². The summed E-state index contributed by atoms with van der Waals surface area (Å²) in [4.78, 5) is 3.08. The van der Waals surface area contributed by atoms with Gasteiger partial charge in [0.05, 0.1) is 50.3 Å². The van der Waals surface area contributed by atoms with Crippen molar-refractivity contribution in [1.82, 2.24) is 10.3 Å². The van der Waals surface area contributed by atoms with Gasteiger partial charge in [0, 0.05) is 61.5 Å². The number of nitrogens with one attached hydrogen (secondary N) is 2. The van der Waals surface area contributed by atoms with Crippen molar-refractivity contribution in [2.24, 2.45) is 29.6 Å². The van der Waals surface area contributed by atoms with Crippen LogP contribution in [0.5, 0.6) is 23.0 Å². The fraction of sp³-hybridized carbons (Fsp3) is 0.660. The maximum Gasteiger partial charge on any atom is 0.201 e. The fourth-order valence-corrected chi connectivity index (χ4v) is 13.4. The van der Waals surface area contributed by atoms with Crippen LogP contribution in [0.3, 0.4) is 0 Å². The lowest BCUT2D eigenvalue weighted by Gasteiger charge is -2.48. The highest BCUT2D eigenvalue weighted by Gasteiger charge is 2.48. The minimum Gasteiger partial charge on any atom is -0.504 e. The SMILES string of the molecule is CCOCCCNC1C=CC2C(CCC3C(O)CCC4(O)CCC(CCOc5ccc(C6CCC7C(O)CC(c8c(CO)c(O)c(O)c(OC)c8Cc8cc[nH]c8)OC7C6)cc5C23)C4)C1. The van der Waals surface area contributed by atoms with Crippen LogP contribution in [0.1, 0.15) is 148 Å². The monoisotopic (exact) mass is 899 g/mol. The van der Waals surface area contributed by atoms with Gasteiger partial charge in [0.25, 0.3) is 0 Å². The van der Waals surface area contributed by atoms with Gasteiger partial charge in [-0.1, -0.05) is 24.3 Å². The van der Waals surface area contributed by atoms with E-state index in [4.69, 9.17) is 18.9 Å². The average Bonchev–Trinajstić information content (AvgIpc) is 3.98. The molecule has 12 heteroatoms. The number of allylic oxidation sites excluding steroid dienone is 1. The van der Waals surface area contributed by atoms with Crippen LogP contribution in [-0.2, 0) is 22.5 Å². The third kappa shape index (κ3) is 9.74. The number of fused-ring (bicyclic) bond motifs is 8. The minimum atomic E-state index is -0.719. The molecule has 3 heterocycles. The molecule has 13 unspecified atom stereocenters. The molecule has 13 atom stereocenters. The lowest BCUT2D eigenvalue weighted by molar-refractivity contribution is -0.154. The van der Waals surface area contributed by atoms with E-state index in [2.05, 4.69) is 40.7 Å². The number of hydrogen-bond acceptors (Lipinski definition) is 11. The van der Waals surface area contributed by atoms with Crippen LogP contribution >= 0.6 is 0 Å². The Morgan fingerprint density at radius 1 is 0.908 bits per heavy atom. The Kier molecular flexibility index (Phi) is 14.5. The summed E-state index contributed by atoms with van der Waals surface area (Å²) in [6.45, 7) is 4.50. The summed E-state index contributed by atoms with van der Waals surface area (Å²) >= 11 is 0. The van der Waals surface area contributed by atoms with Crippen molar-refractivity contribution in [3.8, 4) is 23.0 Å². The Labute approximate surface area is 384 Å². The second-order valence-corrected chi connectivity index (χ2v) is 20.5. The minimum absolute atomic E-state index is 0.0176. The molecule has 2 aliphatic heterocycles. The first-order valence-corrected chi connectivity index (χ1v) is 24.9. The second kappa shape index (κ2) is 20.3. The van der Waals surface area contributed by atoms with E-state index < -0.39 is 42.0 Å². The number of aromatic nitrogens is 1. The third-order valence-corrected chi connectivity index (χ3v) is 16.7. The van der Waals surface area contributed by atoms with E-state index in [-0.39, 0.29) is 53.4 Å². The molecule has 2 aromatic carbocycles. The van der Waals surface area contributed by atoms with Gasteiger partial charge < -0.3 is 59.9 Å². The predicted molar refractivity (Wildman–Crippen MR) is 247 cm³/mol. The Hall–Kier alpha value is -3.62. The van der Waals surface area contributed by atoms with Crippen LogP contribution in [0.15, 0.2) is 48.8 Å². The van der Waals surface area contributed by atoms with Crippen molar-refractivity contribution in [3.63, 3.8) is 0 Å². The first kappa shape index (κ1) is 46.5. The second-order valence-electron chi connectivity index (χ2n) is 20.5. The highest BCUT2D eigenvalue weighted by Crippen LogP contribution is 2.56. The molecule has 12 nitrogen and oxygen atoms in total. The number of aliphatic hydroxyl groups is 4. The van der Waals surface area contributed by atoms with Gasteiger partial charge in [0.15, 0.2) is 11.5 Å². The van der Waals surface area contributed by atoms with Gasteiger partial charge in [-0.2, -0.15) is 0 Å². The van der Waals surface area contributed by atoms with Crippen molar-refractivity contribution in [2.45, 2.75) is 158 Å². The molecule has 65 heavy (non-hydrogen) atoms. The number of H-pyrrole nitrogens is 1. The zero-order valence-corrected chi connectivity index (χ0v) is 38.5. The molecule has 356 valence electrons. The molecular weight excluding hydrogens is 825 g/mol. The van der Waals surface area contributed by atoms with Crippen molar-refractivity contribution in [3.05, 3.63) is 82.2 Å². The molecule has 1 saturated heterocycles. The van der Waals surface area contributed by atoms with Gasteiger partial charge in [-0.15, -0.1) is 0 Å². The first-order valence-electron chi connectivity index (χ1n) is 24.9. The van der Waals surface area contributed by atoms with Crippen molar-refractivity contribution < 1.29 is 49.6 Å². The maximum atomic E-state index is 12.2. The van der Waals surface area contributed by atoms with E-state index in [0.717, 1.165) is 95.3 Å². The molecular formula is C53H74N2O10. The van der Waals surface area contributed by atoms with Crippen molar-refractivity contribution in [2.75, 3.05) is 33.5 Å². The van der Waals surface area contributed by atoms with E-state index in [1.807, 2.05) is 25.4 Å². The zero-order valence-electron chi connectivity index (χ0n) is 38.5. The summed E-state index contributed by atoms with van der Waals surface area (Å²) < 4.78 is 25.2. The average molecular weight is 899 g/mol. The Bertz CT molecular complexity index is 2090. The standard InChI is InChI=1S/C53H74N2O10/c1-3-63-21-4-19-55-36-8-11-37-35(24-36)6-10-39-43(57)14-18-53(61)17-13-31(28-53)16-22-64-45-12-7-33(25-40(45)48(37)39)34-5-9-38-44(58)27-47(65-46(38)26-34)49-41(23-32-15-20-54-29-32)52(62-2)51(60)50(59)42(49)30-56/h7-8,11-12,15,20,25,29,31,34-39,43-44,46-48,54-61H,3-6,9-10,13-14,16-19,21-24,26-28,30H2,1-2H3. The van der Waals surface area contributed by atoms with Crippen LogP contribution in [0.2, 0.25) is 0 Å². The quantitative estimate of drug-likeness (QED) is 0.0504. The van der Waals surface area contributed by atoms with Crippen molar-refractivity contribution >= 4 is 0 Å². The van der Waals surface area contributed by atoms with Crippen LogP contribution in [-0.4, -0.2) is 99.1 Å². The highest BCUT2D eigenvalue weighted by atomic mass is 16.5. The van der Waals surface area contributed by atoms with E-state index in [0.29, 0.717) is 61.3 Å². The molecule has 1 aromatic heterocycles. The largest absolute Gasteiger partial charge is 0.504 e. The van der Waals surface area contributed by atoms with Gasteiger partial charge in [0.1, 0.15) is 5.75 Å². The maximum absolute atomic E-state index is 12.2. The summed E-state index contributed by atoms with van der Waals surface area (Å²) in [5, 5.41) is 72.4. The topological polar surface area (TPSA) is 186 Å². The molecule has 6 aliphatic rings. The van der Waals surface area contributed by atoms with Gasteiger partial charge in [-0.25, -0.2) is 0 Å². The molecule has 3 aromatic rings. The number of aliphatic hydroxyl groups excluding tert-OH is 3. The third-order valence-electron chi connectivity index (χ3n) is 16.7. The van der Waals surface area contributed by atoms with Crippen LogP contribution in [0.4, 0.5) is 0 Å². The molecule has 0 spiro atoms. The number of aromatic amines is 1. The number of rotatable bonds is 12. The zero-order chi connectivity index (χ0) is 45.2. The Balaban J connectivity index is 1.03. The molecule has 3 saturated carbocycles. The van der Waals surface area contributed by atoms with E-state index in [1.54, 1.807) is 0 Å². The molecule has 2 bridgehead atoms. The van der Waals surface area contributed by atoms with Gasteiger partial charge in [-0.3, -0.25) is 0 Å². The Morgan fingerprint density at radius 3 is 2.55 bits per heavy atom. The summed E-state index contributed by atoms with van der Waals surface area (Å²) in [7, 11) is 1.45. The van der Waals surface area contributed by atoms with Crippen LogP contribution < -0.4 is 14.8 Å². The summed E-state index contributed by atoms with van der Waals surface area (Å²) in [6, 6.07) is 9.02. The number of phenols is 2. The van der Waals surface area contributed by atoms with E-state index in [9.17, 15) is 30.6 Å². The number of benzene rings is 2. The van der Waals surface area contributed by atoms with E-state index >= 15 is 0 Å². The molecule has 4 aliphatic carbocycles. The van der Waals surface area contributed by atoms with Gasteiger partial charge in [0.2, 0.25) is 5.75 Å². The lowest BCUT2D eigenvalue weighted by atomic mass is 9.59. The molecule has 0 amide bonds. The smallest absolute Gasteiger partial charge is 0.201 e. The lowest BCUT2D eigenvalue weighted by Crippen LogP contribution is -2.45. The molecule has 9 rings (SSSR count). The normalized spacial score (nSPS) is 34.7. The summed E-state index contributed by atoms with van der Waals surface area (Å²) in [6.07, 6.45) is 18.0. The Morgan fingerprint density at radius 2 is 1.75 bits per heavy atom. The molecule has 8 N–H and O–H groups in total. The number of methoxy groups -OCH3 is 1. The number of hydrogen-bond donors (Lipinski definition) is 8. The summed E-state index contributed by atoms with van der Waals surface area (Å²) in [5.74, 6) is 1.38. The number of ether oxygens (including phenoxy) is 4. The van der Waals surface area contributed by atoms with Gasteiger partial charge >= 0.3 is 0 Å². The highest BCUT2D eigenvalue weighted by molar-refractivity contribution is 5.64. The first-order chi connectivity index (χ1) is 31.6. The summed E-state index contributed by atoms with van der Waals surface area (Å²) in [5.41, 5.74) is 3.93. The van der Waals surface area contributed by atoms with Crippen molar-refractivity contribution in [1.29, 1.82) is 0 Å². The fourth-order valence-electron chi connectivity index (χ4n) is 13.4. The number of aromatic hydroxyl groups is 2. The number of phenolic OH excluding ortho intramolecular Hbond substituents is 1. The van der Waals surface area contributed by atoms with E-state index in [1.165, 1.54) is 18.2 Å². The molecule has 0 radical (unpaired) electrons. The van der Waals surface area contributed by atoms with Crippen LogP contribution in [0.25, 0.3) is 0 Å². The molecule has 4 fully saturated rings.